The number of halogens is 2. The Morgan fingerprint density at radius 1 is 1.28 bits per heavy atom. The monoisotopic (exact) mass is 477 g/mol. The van der Waals surface area contributed by atoms with E-state index >= 15 is 0 Å². The first-order chi connectivity index (χ1) is 11.6. The van der Waals surface area contributed by atoms with Gasteiger partial charge in [-0.1, -0.05) is 25.1 Å². The first-order valence-electron chi connectivity index (χ1n) is 8.08. The highest BCUT2D eigenvalue weighted by Gasteiger charge is 2.13. The van der Waals surface area contributed by atoms with Gasteiger partial charge in [-0.25, -0.2) is 4.39 Å². The molecule has 7 heteroatoms. The van der Waals surface area contributed by atoms with Crippen LogP contribution in [0.15, 0.2) is 46.1 Å². The largest absolute Gasteiger partial charge is 0.386 e. The second-order valence-corrected chi connectivity index (χ2v) is 6.38. The summed E-state index contributed by atoms with van der Waals surface area (Å²) in [4.78, 5) is 4.55. The van der Waals surface area contributed by atoms with Crippen LogP contribution in [0.1, 0.15) is 37.0 Å². The fourth-order valence-corrected chi connectivity index (χ4v) is 3.06. The van der Waals surface area contributed by atoms with E-state index in [0.717, 1.165) is 0 Å². The van der Waals surface area contributed by atoms with E-state index in [-0.39, 0.29) is 36.1 Å². The fraction of sp³-hybridized carbons (Fsp3) is 0.389. The molecule has 2 rings (SSSR count). The molecule has 0 aliphatic rings. The lowest BCUT2D eigenvalue weighted by atomic mass is 10.1. The van der Waals surface area contributed by atoms with Crippen LogP contribution in [0.25, 0.3) is 0 Å². The van der Waals surface area contributed by atoms with Crippen molar-refractivity contribution in [2.45, 2.75) is 25.9 Å². The van der Waals surface area contributed by atoms with Gasteiger partial charge in [0.15, 0.2) is 5.96 Å². The lowest BCUT2D eigenvalue weighted by Crippen LogP contribution is -2.39. The van der Waals surface area contributed by atoms with Gasteiger partial charge in [0.1, 0.15) is 5.82 Å². The Labute approximate surface area is 169 Å². The summed E-state index contributed by atoms with van der Waals surface area (Å²) in [5.41, 5.74) is 1.55. The lowest BCUT2D eigenvalue weighted by molar-refractivity contribution is 0.176. The number of hydrogen-bond donors (Lipinski definition) is 3. The van der Waals surface area contributed by atoms with Crippen molar-refractivity contribution >= 4 is 41.3 Å². The smallest absolute Gasteiger partial charge is 0.191 e. The van der Waals surface area contributed by atoms with E-state index < -0.39 is 11.9 Å². The Morgan fingerprint density at radius 2 is 2.04 bits per heavy atom. The van der Waals surface area contributed by atoms with Crippen LogP contribution in [0.3, 0.4) is 0 Å². The number of aliphatic imine (C=N–C) groups is 1. The van der Waals surface area contributed by atoms with Crippen LogP contribution in [0.5, 0.6) is 0 Å². The van der Waals surface area contributed by atoms with Crippen LogP contribution in [-0.4, -0.2) is 30.7 Å². The molecular weight excluding hydrogens is 452 g/mol. The number of aliphatic hydroxyl groups is 1. The molecule has 4 nitrogen and oxygen atoms in total. The molecule has 2 atom stereocenters. The Morgan fingerprint density at radius 3 is 2.68 bits per heavy atom. The molecule has 0 bridgehead atoms. The summed E-state index contributed by atoms with van der Waals surface area (Å²) < 4.78 is 13.7. The van der Waals surface area contributed by atoms with Crippen molar-refractivity contribution in [3.05, 3.63) is 58.0 Å². The van der Waals surface area contributed by atoms with E-state index in [1.807, 2.05) is 6.92 Å². The average molecular weight is 477 g/mol. The van der Waals surface area contributed by atoms with Crippen molar-refractivity contribution < 1.29 is 9.50 Å². The van der Waals surface area contributed by atoms with E-state index in [1.165, 1.54) is 11.6 Å². The quantitative estimate of drug-likeness (QED) is 0.322. The Hall–Kier alpha value is -1.19. The third-order valence-corrected chi connectivity index (χ3v) is 4.41. The summed E-state index contributed by atoms with van der Waals surface area (Å²) in [5, 5.41) is 20.6. The molecule has 1 heterocycles. The normalized spacial score (nSPS) is 13.7. The van der Waals surface area contributed by atoms with Crippen LogP contribution in [0, 0.1) is 5.82 Å². The summed E-state index contributed by atoms with van der Waals surface area (Å²) in [7, 11) is 0. The van der Waals surface area contributed by atoms with Gasteiger partial charge < -0.3 is 15.7 Å². The zero-order valence-electron chi connectivity index (χ0n) is 14.4. The minimum absolute atomic E-state index is 0. The highest BCUT2D eigenvalue weighted by molar-refractivity contribution is 14.0. The number of benzene rings is 1. The highest BCUT2D eigenvalue weighted by atomic mass is 127. The predicted octanol–water partition coefficient (Wildman–Crippen LogP) is 3.90. The molecule has 0 fully saturated rings. The van der Waals surface area contributed by atoms with Crippen molar-refractivity contribution in [2.24, 2.45) is 4.99 Å². The van der Waals surface area contributed by atoms with Crippen molar-refractivity contribution in [2.75, 3.05) is 19.6 Å². The number of nitrogens with zero attached hydrogens (tertiary/aromatic N) is 1. The molecule has 0 amide bonds. The predicted molar refractivity (Wildman–Crippen MR) is 113 cm³/mol. The molecule has 1 aromatic heterocycles. The fourth-order valence-electron chi connectivity index (χ4n) is 2.28. The number of thiophene rings is 1. The summed E-state index contributed by atoms with van der Waals surface area (Å²) in [6.45, 7) is 5.66. The summed E-state index contributed by atoms with van der Waals surface area (Å²) >= 11 is 1.68. The molecule has 0 saturated heterocycles. The van der Waals surface area contributed by atoms with Crippen LogP contribution in [-0.2, 0) is 0 Å². The molecule has 138 valence electrons. The Balaban J connectivity index is 0.00000312. The maximum atomic E-state index is 13.7. The Bertz CT molecular complexity index is 652. The van der Waals surface area contributed by atoms with Crippen LogP contribution in [0.2, 0.25) is 0 Å². The number of guanidine groups is 1. The van der Waals surface area contributed by atoms with Gasteiger partial charge in [-0.05, 0) is 35.4 Å². The van der Waals surface area contributed by atoms with E-state index in [2.05, 4.69) is 39.4 Å². The molecular formula is C18H25FIN3OS. The molecule has 2 unspecified atom stereocenters. The molecule has 0 radical (unpaired) electrons. The minimum Gasteiger partial charge on any atom is -0.386 e. The van der Waals surface area contributed by atoms with E-state index in [1.54, 1.807) is 29.5 Å². The van der Waals surface area contributed by atoms with Gasteiger partial charge in [0.2, 0.25) is 0 Å². The van der Waals surface area contributed by atoms with Gasteiger partial charge in [-0.3, -0.25) is 4.99 Å². The van der Waals surface area contributed by atoms with Crippen molar-refractivity contribution in [3.8, 4) is 0 Å². The van der Waals surface area contributed by atoms with Crippen LogP contribution < -0.4 is 10.6 Å². The Kier molecular flexibility index (Phi) is 9.99. The first-order valence-corrected chi connectivity index (χ1v) is 9.02. The van der Waals surface area contributed by atoms with Gasteiger partial charge in [0.25, 0.3) is 0 Å². The molecule has 0 spiro atoms. The SMILES string of the molecule is CCNC(=NCC(C)c1ccsc1)NCC(O)c1ccccc1F.I. The highest BCUT2D eigenvalue weighted by Crippen LogP contribution is 2.18. The van der Waals surface area contributed by atoms with Crippen molar-refractivity contribution in [1.82, 2.24) is 10.6 Å². The van der Waals surface area contributed by atoms with Gasteiger partial charge in [-0.15, -0.1) is 24.0 Å². The molecule has 0 aliphatic carbocycles. The lowest BCUT2D eigenvalue weighted by Gasteiger charge is -2.16. The number of aliphatic hydroxyl groups excluding tert-OH is 1. The summed E-state index contributed by atoms with van der Waals surface area (Å²) in [6.07, 6.45) is -0.927. The zero-order chi connectivity index (χ0) is 17.4. The van der Waals surface area contributed by atoms with E-state index in [0.29, 0.717) is 25.0 Å². The molecule has 3 N–H and O–H groups in total. The molecule has 2 aromatic rings. The van der Waals surface area contributed by atoms with Crippen molar-refractivity contribution in [3.63, 3.8) is 0 Å². The third kappa shape index (κ3) is 6.91. The number of nitrogens with one attached hydrogen (secondary N) is 2. The van der Waals surface area contributed by atoms with Gasteiger partial charge in [0, 0.05) is 31.1 Å². The number of rotatable bonds is 7. The van der Waals surface area contributed by atoms with E-state index in [9.17, 15) is 9.50 Å². The maximum absolute atomic E-state index is 13.7. The standard InChI is InChI=1S/C18H24FN3OS.HI/c1-3-20-18(21-10-13(2)14-8-9-24-12-14)22-11-17(23)15-6-4-5-7-16(15)19;/h4-9,12-13,17,23H,3,10-11H2,1-2H3,(H2,20,21,22);1H. The average Bonchev–Trinajstić information content (AvgIpc) is 3.12. The summed E-state index contributed by atoms with van der Waals surface area (Å²) in [6, 6.07) is 8.36. The molecule has 0 aliphatic heterocycles. The molecule has 25 heavy (non-hydrogen) atoms. The minimum atomic E-state index is -0.927. The second kappa shape index (κ2) is 11.4. The molecule has 0 saturated carbocycles. The van der Waals surface area contributed by atoms with Gasteiger partial charge in [-0.2, -0.15) is 11.3 Å². The van der Waals surface area contributed by atoms with E-state index in [4.69, 9.17) is 0 Å². The van der Waals surface area contributed by atoms with Crippen LogP contribution in [0.4, 0.5) is 4.39 Å². The van der Waals surface area contributed by atoms with Crippen molar-refractivity contribution in [1.29, 1.82) is 0 Å². The number of hydrogen-bond acceptors (Lipinski definition) is 3. The molecule has 1 aromatic carbocycles. The first kappa shape index (κ1) is 21.9. The second-order valence-electron chi connectivity index (χ2n) is 5.60. The maximum Gasteiger partial charge on any atom is 0.191 e. The summed E-state index contributed by atoms with van der Waals surface area (Å²) in [5.74, 6) is 0.540. The van der Waals surface area contributed by atoms with Gasteiger partial charge >= 0.3 is 0 Å². The topological polar surface area (TPSA) is 56.7 Å². The third-order valence-electron chi connectivity index (χ3n) is 3.71. The van der Waals surface area contributed by atoms with Gasteiger partial charge in [0.05, 0.1) is 6.10 Å². The van der Waals surface area contributed by atoms with Crippen LogP contribution >= 0.6 is 35.3 Å². The zero-order valence-corrected chi connectivity index (χ0v) is 17.6.